The van der Waals surface area contributed by atoms with E-state index in [4.69, 9.17) is 9.84 Å². The van der Waals surface area contributed by atoms with E-state index >= 15 is 0 Å². The number of hydrogen-bond acceptors (Lipinski definition) is 2. The number of carbonyl (C=O) groups is 1. The molecule has 0 radical (unpaired) electrons. The van der Waals surface area contributed by atoms with E-state index in [1.54, 1.807) is 0 Å². The number of nitrogens with zero attached hydrogens (tertiary/aromatic N) is 1. The Morgan fingerprint density at radius 1 is 1.31 bits per heavy atom. The predicted octanol–water partition coefficient (Wildman–Crippen LogP) is 1.60. The Morgan fingerprint density at radius 3 is 2.25 bits per heavy atom. The molecular formula is C12H26NO3+. The highest BCUT2D eigenvalue weighted by Gasteiger charge is 2.21. The molecule has 16 heavy (non-hydrogen) atoms. The molecule has 0 saturated carbocycles. The first-order valence-electron chi connectivity index (χ1n) is 5.84. The lowest BCUT2D eigenvalue weighted by atomic mass is 10.1. The maximum absolute atomic E-state index is 10.7. The minimum absolute atomic E-state index is 0.0909. The molecule has 96 valence electrons. The number of aliphatic carboxylic acids is 1. The maximum atomic E-state index is 10.7. The van der Waals surface area contributed by atoms with E-state index in [1.165, 1.54) is 0 Å². The van der Waals surface area contributed by atoms with Crippen molar-refractivity contribution in [3.8, 4) is 0 Å². The second-order valence-corrected chi connectivity index (χ2v) is 5.75. The van der Waals surface area contributed by atoms with Crippen molar-refractivity contribution in [1.29, 1.82) is 0 Å². The molecule has 0 aromatic rings. The van der Waals surface area contributed by atoms with Gasteiger partial charge in [0.25, 0.3) is 0 Å². The van der Waals surface area contributed by atoms with Crippen LogP contribution in [0.5, 0.6) is 0 Å². The summed E-state index contributed by atoms with van der Waals surface area (Å²) in [7, 11) is 6.13. The Bertz CT molecular complexity index is 209. The molecule has 0 saturated heterocycles. The van der Waals surface area contributed by atoms with Crippen LogP contribution < -0.4 is 0 Å². The highest BCUT2D eigenvalue weighted by atomic mass is 16.5. The summed E-state index contributed by atoms with van der Waals surface area (Å²) in [5, 5.41) is 8.80. The molecular weight excluding hydrogens is 206 g/mol. The van der Waals surface area contributed by atoms with Gasteiger partial charge in [-0.1, -0.05) is 13.8 Å². The Labute approximate surface area is 98.8 Å². The van der Waals surface area contributed by atoms with Gasteiger partial charge in [0, 0.05) is 6.61 Å². The quantitative estimate of drug-likeness (QED) is 0.647. The lowest BCUT2D eigenvalue weighted by molar-refractivity contribution is -0.873. The number of ether oxygens (including phenoxy) is 1. The number of carboxylic acids is 1. The third-order valence-electron chi connectivity index (χ3n) is 2.20. The summed E-state index contributed by atoms with van der Waals surface area (Å²) in [5.41, 5.74) is 0. The minimum atomic E-state index is -0.789. The SMILES string of the molecule is CC(C)CCO[C@H](CC(=O)O)C[N+](C)(C)C. The number of hydrogen-bond donors (Lipinski definition) is 1. The van der Waals surface area contributed by atoms with Crippen molar-refractivity contribution in [2.24, 2.45) is 5.92 Å². The molecule has 0 spiro atoms. The maximum Gasteiger partial charge on any atom is 0.306 e. The van der Waals surface area contributed by atoms with Crippen molar-refractivity contribution in [2.45, 2.75) is 32.8 Å². The van der Waals surface area contributed by atoms with Crippen molar-refractivity contribution < 1.29 is 19.1 Å². The molecule has 0 aliphatic carbocycles. The van der Waals surface area contributed by atoms with Crippen LogP contribution in [0.1, 0.15) is 26.7 Å². The summed E-state index contributed by atoms with van der Waals surface area (Å²) in [4.78, 5) is 10.7. The third-order valence-corrected chi connectivity index (χ3v) is 2.20. The van der Waals surface area contributed by atoms with Gasteiger partial charge in [-0.2, -0.15) is 0 Å². The fourth-order valence-electron chi connectivity index (χ4n) is 1.45. The van der Waals surface area contributed by atoms with Crippen molar-refractivity contribution in [1.82, 2.24) is 0 Å². The summed E-state index contributed by atoms with van der Waals surface area (Å²) in [5.74, 6) is -0.197. The van der Waals surface area contributed by atoms with Crippen LogP contribution >= 0.6 is 0 Å². The zero-order valence-electron chi connectivity index (χ0n) is 11.2. The van der Waals surface area contributed by atoms with Crippen molar-refractivity contribution in [3.05, 3.63) is 0 Å². The van der Waals surface area contributed by atoms with Gasteiger partial charge in [-0.15, -0.1) is 0 Å². The van der Waals surface area contributed by atoms with Gasteiger partial charge in [-0.25, -0.2) is 0 Å². The van der Waals surface area contributed by atoms with E-state index in [-0.39, 0.29) is 12.5 Å². The van der Waals surface area contributed by atoms with Gasteiger partial charge >= 0.3 is 5.97 Å². The molecule has 4 nitrogen and oxygen atoms in total. The number of carboxylic acid groups (broad SMARTS) is 1. The average molecular weight is 232 g/mol. The van der Waals surface area contributed by atoms with Crippen molar-refractivity contribution in [2.75, 3.05) is 34.3 Å². The molecule has 0 aromatic heterocycles. The van der Waals surface area contributed by atoms with E-state index in [0.717, 1.165) is 17.4 Å². The third kappa shape index (κ3) is 9.93. The Kier molecular flexibility index (Phi) is 6.60. The second kappa shape index (κ2) is 6.86. The van der Waals surface area contributed by atoms with Gasteiger partial charge in [0.2, 0.25) is 0 Å². The van der Waals surface area contributed by atoms with Gasteiger partial charge in [0.15, 0.2) is 0 Å². The monoisotopic (exact) mass is 232 g/mol. The van der Waals surface area contributed by atoms with Crippen LogP contribution in [0, 0.1) is 5.92 Å². The summed E-state index contributed by atoms with van der Waals surface area (Å²) in [6, 6.07) is 0. The molecule has 0 rings (SSSR count). The van der Waals surface area contributed by atoms with E-state index in [0.29, 0.717) is 12.5 Å². The van der Waals surface area contributed by atoms with Crippen molar-refractivity contribution in [3.63, 3.8) is 0 Å². The smallest absolute Gasteiger partial charge is 0.306 e. The largest absolute Gasteiger partial charge is 0.481 e. The zero-order valence-corrected chi connectivity index (χ0v) is 11.2. The van der Waals surface area contributed by atoms with E-state index < -0.39 is 5.97 Å². The highest BCUT2D eigenvalue weighted by molar-refractivity contribution is 5.67. The molecule has 0 unspecified atom stereocenters. The van der Waals surface area contributed by atoms with Crippen LogP contribution in [-0.4, -0.2) is 56.0 Å². The molecule has 0 aliphatic heterocycles. The zero-order chi connectivity index (χ0) is 12.8. The minimum Gasteiger partial charge on any atom is -0.481 e. The highest BCUT2D eigenvalue weighted by Crippen LogP contribution is 2.07. The molecule has 1 atom stereocenters. The van der Waals surface area contributed by atoms with Crippen LogP contribution in [0.25, 0.3) is 0 Å². The normalized spacial score (nSPS) is 14.1. The summed E-state index contributed by atoms with van der Waals surface area (Å²) in [6.07, 6.45) is 0.886. The predicted molar refractivity (Wildman–Crippen MR) is 64.3 cm³/mol. The van der Waals surface area contributed by atoms with Crippen LogP contribution in [0.15, 0.2) is 0 Å². The van der Waals surface area contributed by atoms with Crippen molar-refractivity contribution >= 4 is 5.97 Å². The van der Waals surface area contributed by atoms with Crippen LogP contribution in [-0.2, 0) is 9.53 Å². The number of quaternary nitrogens is 1. The van der Waals surface area contributed by atoms with E-state index in [9.17, 15) is 4.79 Å². The first kappa shape index (κ1) is 15.4. The molecule has 0 amide bonds. The molecule has 0 aliphatic rings. The number of likely N-dealkylation sites (N-methyl/N-ethyl adjacent to an activating group) is 1. The Hall–Kier alpha value is -0.610. The second-order valence-electron chi connectivity index (χ2n) is 5.75. The molecule has 4 heteroatoms. The number of rotatable bonds is 8. The van der Waals surface area contributed by atoms with E-state index in [2.05, 4.69) is 13.8 Å². The van der Waals surface area contributed by atoms with Crippen LogP contribution in [0.4, 0.5) is 0 Å². The lowest BCUT2D eigenvalue weighted by Crippen LogP contribution is -2.43. The van der Waals surface area contributed by atoms with E-state index in [1.807, 2.05) is 21.1 Å². The fourth-order valence-corrected chi connectivity index (χ4v) is 1.45. The lowest BCUT2D eigenvalue weighted by Gasteiger charge is -2.28. The van der Waals surface area contributed by atoms with Gasteiger partial charge in [0.1, 0.15) is 12.6 Å². The topological polar surface area (TPSA) is 46.5 Å². The summed E-state index contributed by atoms with van der Waals surface area (Å²) >= 11 is 0. The van der Waals surface area contributed by atoms with Crippen LogP contribution in [0.3, 0.4) is 0 Å². The summed E-state index contributed by atoms with van der Waals surface area (Å²) in [6.45, 7) is 5.64. The average Bonchev–Trinajstić information content (AvgIpc) is 1.98. The first-order chi connectivity index (χ1) is 7.20. The Morgan fingerprint density at radius 2 is 1.88 bits per heavy atom. The van der Waals surface area contributed by atoms with Crippen LogP contribution in [0.2, 0.25) is 0 Å². The fraction of sp³-hybridized carbons (Fsp3) is 0.917. The first-order valence-corrected chi connectivity index (χ1v) is 5.84. The molecule has 0 bridgehead atoms. The molecule has 0 aromatic carbocycles. The standard InChI is InChI=1S/C12H25NO3/c1-10(2)6-7-16-11(8-12(14)15)9-13(3,4)5/h10-11H,6-9H2,1-5H3/p+1/t11-/m1/s1. The van der Waals surface area contributed by atoms with Gasteiger partial charge in [-0.3, -0.25) is 4.79 Å². The summed E-state index contributed by atoms with van der Waals surface area (Å²) < 4.78 is 6.37. The van der Waals surface area contributed by atoms with Gasteiger partial charge in [0.05, 0.1) is 27.6 Å². The van der Waals surface area contributed by atoms with Gasteiger partial charge < -0.3 is 14.3 Å². The molecule has 1 N–H and O–H groups in total. The Balaban J connectivity index is 4.05. The molecule has 0 fully saturated rings. The van der Waals surface area contributed by atoms with Gasteiger partial charge in [-0.05, 0) is 12.3 Å². The molecule has 0 heterocycles.